The van der Waals surface area contributed by atoms with Crippen molar-refractivity contribution in [2.45, 2.75) is 12.3 Å². The number of imidazole rings is 1. The van der Waals surface area contributed by atoms with Crippen molar-refractivity contribution in [2.75, 3.05) is 12.1 Å². The van der Waals surface area contributed by atoms with Crippen molar-refractivity contribution in [1.82, 2.24) is 9.55 Å². The average Bonchev–Trinajstić information content (AvgIpc) is 3.27. The van der Waals surface area contributed by atoms with E-state index >= 15 is 0 Å². The van der Waals surface area contributed by atoms with Gasteiger partial charge in [-0.1, -0.05) is 23.7 Å². The molecule has 3 heterocycles. The summed E-state index contributed by atoms with van der Waals surface area (Å²) >= 11 is 6.11. The molecule has 3 aromatic rings. The van der Waals surface area contributed by atoms with Crippen LogP contribution in [0.1, 0.15) is 23.6 Å². The second-order valence-corrected chi connectivity index (χ2v) is 6.68. The lowest BCUT2D eigenvalue weighted by Gasteiger charge is -2.23. The Morgan fingerprint density at radius 1 is 1.15 bits per heavy atom. The van der Waals surface area contributed by atoms with Gasteiger partial charge in [-0.25, -0.2) is 4.98 Å². The average molecular weight is 368 g/mol. The van der Waals surface area contributed by atoms with Gasteiger partial charge in [0.25, 0.3) is 0 Å². The van der Waals surface area contributed by atoms with Gasteiger partial charge in [0.05, 0.1) is 5.69 Å². The van der Waals surface area contributed by atoms with Gasteiger partial charge in [-0.3, -0.25) is 9.36 Å². The molecule has 0 aliphatic carbocycles. The molecule has 26 heavy (non-hydrogen) atoms. The molecule has 2 aromatic carbocycles. The number of anilines is 1. The van der Waals surface area contributed by atoms with Gasteiger partial charge in [0.2, 0.25) is 12.7 Å². The molecule has 2 aliphatic rings. The van der Waals surface area contributed by atoms with Crippen LogP contribution in [0.2, 0.25) is 5.02 Å². The van der Waals surface area contributed by atoms with Crippen molar-refractivity contribution in [2.24, 2.45) is 0 Å². The molecule has 1 aromatic heterocycles. The van der Waals surface area contributed by atoms with Crippen LogP contribution in [0, 0.1) is 0 Å². The van der Waals surface area contributed by atoms with Crippen molar-refractivity contribution in [3.63, 3.8) is 0 Å². The smallest absolute Gasteiger partial charge is 0.231 e. The number of carbonyl (C=O) groups excluding carboxylic acids is 1. The van der Waals surface area contributed by atoms with Gasteiger partial charge in [-0.15, -0.1) is 0 Å². The number of rotatable bonds is 2. The Bertz CT molecular complexity index is 1030. The van der Waals surface area contributed by atoms with Crippen LogP contribution < -0.4 is 14.8 Å². The Kier molecular flexibility index (Phi) is 3.39. The van der Waals surface area contributed by atoms with E-state index < -0.39 is 0 Å². The van der Waals surface area contributed by atoms with Gasteiger partial charge in [-0.05, 0) is 35.9 Å². The number of carbonyl (C=O) groups is 1. The van der Waals surface area contributed by atoms with Gasteiger partial charge < -0.3 is 14.8 Å². The van der Waals surface area contributed by atoms with Gasteiger partial charge in [0, 0.05) is 23.0 Å². The molecule has 0 fully saturated rings. The molecule has 6 nitrogen and oxygen atoms in total. The molecule has 1 N–H and O–H groups in total. The Balaban J connectivity index is 1.60. The number of hydrogen-bond acceptors (Lipinski definition) is 4. The number of nitrogens with one attached hydrogen (secondary N) is 1. The van der Waals surface area contributed by atoms with E-state index in [9.17, 15) is 4.79 Å². The number of ether oxygens (including phenoxy) is 2. The molecule has 7 heteroatoms. The predicted octanol–water partition coefficient (Wildman–Crippen LogP) is 3.73. The molecule has 1 amide bonds. The number of aromatic nitrogens is 2. The van der Waals surface area contributed by atoms with Gasteiger partial charge in [-0.2, -0.15) is 0 Å². The molecule has 0 spiro atoms. The minimum Gasteiger partial charge on any atom is -0.454 e. The summed E-state index contributed by atoms with van der Waals surface area (Å²) in [6.07, 6.45) is 2.04. The lowest BCUT2D eigenvalue weighted by Crippen LogP contribution is -2.24. The molecule has 2 aliphatic heterocycles. The molecule has 0 unspecified atom stereocenters. The largest absolute Gasteiger partial charge is 0.454 e. The summed E-state index contributed by atoms with van der Waals surface area (Å²) in [4.78, 5) is 16.9. The zero-order valence-electron chi connectivity index (χ0n) is 13.6. The molecule has 1 atom stereocenters. The number of nitrogens with zero attached hydrogens (tertiary/aromatic N) is 2. The number of amides is 1. The van der Waals surface area contributed by atoms with Gasteiger partial charge in [0.15, 0.2) is 11.5 Å². The fourth-order valence-corrected chi connectivity index (χ4v) is 3.62. The third-order valence-corrected chi connectivity index (χ3v) is 4.89. The first kappa shape index (κ1) is 15.3. The highest BCUT2D eigenvalue weighted by Crippen LogP contribution is 2.41. The number of fused-ring (bicyclic) bond motifs is 2. The number of benzene rings is 2. The summed E-state index contributed by atoms with van der Waals surface area (Å²) in [6, 6.07) is 13.2. The van der Waals surface area contributed by atoms with Gasteiger partial charge >= 0.3 is 0 Å². The Labute approximate surface area is 154 Å². The van der Waals surface area contributed by atoms with Crippen LogP contribution in [0.3, 0.4) is 0 Å². The first-order chi connectivity index (χ1) is 12.7. The highest BCUT2D eigenvalue weighted by molar-refractivity contribution is 6.30. The highest BCUT2D eigenvalue weighted by Gasteiger charge is 2.32. The van der Waals surface area contributed by atoms with Crippen LogP contribution in [0.25, 0.3) is 5.69 Å². The topological polar surface area (TPSA) is 65.4 Å². The molecule has 0 saturated carbocycles. The maximum Gasteiger partial charge on any atom is 0.231 e. The van der Waals surface area contributed by atoms with Crippen LogP contribution in [0.5, 0.6) is 11.5 Å². The maximum atomic E-state index is 12.4. The Morgan fingerprint density at radius 2 is 2.04 bits per heavy atom. The molecule has 130 valence electrons. The van der Waals surface area contributed by atoms with Gasteiger partial charge in [0.1, 0.15) is 12.1 Å². The van der Waals surface area contributed by atoms with E-state index in [-0.39, 0.29) is 18.6 Å². The van der Waals surface area contributed by atoms with E-state index in [2.05, 4.69) is 10.3 Å². The van der Waals surface area contributed by atoms with Crippen LogP contribution in [-0.4, -0.2) is 22.3 Å². The number of hydrogen-bond donors (Lipinski definition) is 1. The van der Waals surface area contributed by atoms with E-state index in [0.29, 0.717) is 23.0 Å². The maximum absolute atomic E-state index is 12.4. The highest BCUT2D eigenvalue weighted by atomic mass is 35.5. The van der Waals surface area contributed by atoms with Crippen molar-refractivity contribution >= 4 is 23.3 Å². The Morgan fingerprint density at radius 3 is 2.92 bits per heavy atom. The predicted molar refractivity (Wildman–Crippen MR) is 96.2 cm³/mol. The minimum absolute atomic E-state index is 0.0519. The summed E-state index contributed by atoms with van der Waals surface area (Å²) < 4.78 is 12.7. The molecular formula is C19H14ClN3O3. The first-order valence-electron chi connectivity index (χ1n) is 8.21. The molecule has 0 bridgehead atoms. The first-order valence-corrected chi connectivity index (χ1v) is 8.59. The summed E-state index contributed by atoms with van der Waals surface area (Å²) in [7, 11) is 0. The monoisotopic (exact) mass is 367 g/mol. The van der Waals surface area contributed by atoms with Crippen LogP contribution in [0.15, 0.2) is 48.8 Å². The second kappa shape index (κ2) is 5.78. The standard InChI is InChI=1S/C19H14ClN3O3/c20-12-2-1-3-13(7-12)23-9-21-18-14(8-17(24)22-19(18)23)11-4-5-15-16(6-11)26-10-25-15/h1-7,9,14H,8,10H2,(H,22,24)/t14-/m0/s1. The fourth-order valence-electron chi connectivity index (χ4n) is 3.43. The van der Waals surface area contributed by atoms with E-state index in [4.69, 9.17) is 21.1 Å². The van der Waals surface area contributed by atoms with E-state index in [1.54, 1.807) is 6.33 Å². The van der Waals surface area contributed by atoms with Crippen molar-refractivity contribution in [1.29, 1.82) is 0 Å². The SMILES string of the molecule is O=C1C[C@@H](c2ccc3c(c2)OCO3)c2ncn(-c3cccc(Cl)c3)c2N1. The number of halogens is 1. The minimum atomic E-state index is -0.145. The zero-order chi connectivity index (χ0) is 17.7. The summed E-state index contributed by atoms with van der Waals surface area (Å²) in [5, 5.41) is 3.57. The lowest BCUT2D eigenvalue weighted by molar-refractivity contribution is -0.116. The molecule has 0 saturated heterocycles. The van der Waals surface area contributed by atoms with Crippen LogP contribution in [0.4, 0.5) is 5.82 Å². The molecule has 5 rings (SSSR count). The summed E-state index contributed by atoms with van der Waals surface area (Å²) in [6.45, 7) is 0.221. The zero-order valence-corrected chi connectivity index (χ0v) is 14.4. The van der Waals surface area contributed by atoms with E-state index in [1.165, 1.54) is 0 Å². The third-order valence-electron chi connectivity index (χ3n) is 4.66. The van der Waals surface area contributed by atoms with E-state index in [0.717, 1.165) is 22.7 Å². The molecular weight excluding hydrogens is 354 g/mol. The summed E-state index contributed by atoms with van der Waals surface area (Å²) in [5.41, 5.74) is 2.64. The normalized spacial score (nSPS) is 17.7. The lowest BCUT2D eigenvalue weighted by atomic mass is 9.89. The van der Waals surface area contributed by atoms with Crippen LogP contribution >= 0.6 is 11.6 Å². The quantitative estimate of drug-likeness (QED) is 0.749. The van der Waals surface area contributed by atoms with Crippen molar-refractivity contribution in [3.8, 4) is 17.2 Å². The second-order valence-electron chi connectivity index (χ2n) is 6.25. The van der Waals surface area contributed by atoms with E-state index in [1.807, 2.05) is 47.0 Å². The fraction of sp³-hybridized carbons (Fsp3) is 0.158. The van der Waals surface area contributed by atoms with Crippen LogP contribution in [-0.2, 0) is 4.79 Å². The molecule has 0 radical (unpaired) electrons. The Hall–Kier alpha value is -2.99. The summed E-state index contributed by atoms with van der Waals surface area (Å²) in [5.74, 6) is 1.90. The third kappa shape index (κ3) is 2.42. The van der Waals surface area contributed by atoms with Crippen molar-refractivity contribution in [3.05, 3.63) is 65.1 Å². The van der Waals surface area contributed by atoms with Crippen molar-refractivity contribution < 1.29 is 14.3 Å².